The predicted molar refractivity (Wildman–Crippen MR) is 102 cm³/mol. The van der Waals surface area contributed by atoms with Gasteiger partial charge in [0.05, 0.1) is 17.1 Å². The predicted octanol–water partition coefficient (Wildman–Crippen LogP) is 4.12. The van der Waals surface area contributed by atoms with Crippen molar-refractivity contribution in [2.24, 2.45) is 0 Å². The van der Waals surface area contributed by atoms with E-state index in [2.05, 4.69) is 48.3 Å². The zero-order valence-electron chi connectivity index (χ0n) is 15.4. The lowest BCUT2D eigenvalue weighted by molar-refractivity contribution is 0.102. The van der Waals surface area contributed by atoms with Crippen molar-refractivity contribution in [3.05, 3.63) is 28.5 Å². The Bertz CT molecular complexity index is 969. The Labute approximate surface area is 155 Å². The molecule has 1 N–H and O–H groups in total. The van der Waals surface area contributed by atoms with Crippen LogP contribution in [0, 0.1) is 0 Å². The van der Waals surface area contributed by atoms with E-state index in [4.69, 9.17) is 4.98 Å². The van der Waals surface area contributed by atoms with Crippen LogP contribution < -0.4 is 5.32 Å². The van der Waals surface area contributed by atoms with Gasteiger partial charge in [-0.1, -0.05) is 25.2 Å². The molecule has 0 atom stereocenters. The molecule has 136 valence electrons. The molecule has 4 rings (SSSR count). The van der Waals surface area contributed by atoms with Crippen LogP contribution in [0.5, 0.6) is 0 Å². The molecule has 1 aliphatic carbocycles. The van der Waals surface area contributed by atoms with Gasteiger partial charge in [0.2, 0.25) is 5.13 Å². The Balaban J connectivity index is 1.72. The van der Waals surface area contributed by atoms with Crippen molar-refractivity contribution in [2.45, 2.75) is 58.4 Å². The normalized spacial score (nSPS) is 14.5. The third kappa shape index (κ3) is 3.09. The fraction of sp³-hybridized carbons (Fsp3) is 0.500. The van der Waals surface area contributed by atoms with Gasteiger partial charge < -0.3 is 0 Å². The SMILES string of the molecule is CC(C)c1cc(C(=O)Nc2nnc(C3CC3)s2)c2cnn(C(C)C)c2n1. The Morgan fingerprint density at radius 3 is 2.69 bits per heavy atom. The van der Waals surface area contributed by atoms with E-state index in [-0.39, 0.29) is 17.9 Å². The lowest BCUT2D eigenvalue weighted by Gasteiger charge is -2.11. The van der Waals surface area contributed by atoms with E-state index in [0.29, 0.717) is 16.6 Å². The first-order chi connectivity index (χ1) is 12.4. The molecule has 0 bridgehead atoms. The van der Waals surface area contributed by atoms with E-state index < -0.39 is 0 Å². The quantitative estimate of drug-likeness (QED) is 0.730. The maximum absolute atomic E-state index is 12.9. The van der Waals surface area contributed by atoms with E-state index in [1.165, 1.54) is 24.2 Å². The first kappa shape index (κ1) is 17.1. The number of hydrogen-bond donors (Lipinski definition) is 1. The fourth-order valence-electron chi connectivity index (χ4n) is 2.84. The molecule has 1 aliphatic rings. The van der Waals surface area contributed by atoms with Gasteiger partial charge in [-0.2, -0.15) is 5.10 Å². The minimum absolute atomic E-state index is 0.169. The molecule has 0 aliphatic heterocycles. The second-order valence-corrected chi connectivity index (χ2v) is 8.35. The number of rotatable bonds is 5. The number of anilines is 1. The van der Waals surface area contributed by atoms with Crippen LogP contribution in [0.3, 0.4) is 0 Å². The van der Waals surface area contributed by atoms with Gasteiger partial charge in [-0.05, 0) is 38.7 Å². The van der Waals surface area contributed by atoms with Gasteiger partial charge in [-0.3, -0.25) is 10.1 Å². The van der Waals surface area contributed by atoms with Crippen molar-refractivity contribution in [1.29, 1.82) is 0 Å². The topological polar surface area (TPSA) is 85.6 Å². The molecule has 3 aromatic rings. The number of fused-ring (bicyclic) bond motifs is 1. The molecular weight excluding hydrogens is 348 g/mol. The van der Waals surface area contributed by atoms with Gasteiger partial charge in [0.25, 0.3) is 5.91 Å². The van der Waals surface area contributed by atoms with Gasteiger partial charge in [-0.25, -0.2) is 9.67 Å². The third-order valence-corrected chi connectivity index (χ3v) is 5.50. The number of amides is 1. The molecular formula is C18H22N6OS. The largest absolute Gasteiger partial charge is 0.296 e. The second-order valence-electron chi connectivity index (χ2n) is 7.34. The third-order valence-electron chi connectivity index (χ3n) is 4.50. The fourth-order valence-corrected chi connectivity index (χ4v) is 3.75. The summed E-state index contributed by atoms with van der Waals surface area (Å²) in [6, 6.07) is 2.03. The molecule has 3 aromatic heterocycles. The van der Waals surface area contributed by atoms with Gasteiger partial charge >= 0.3 is 0 Å². The molecule has 1 amide bonds. The summed E-state index contributed by atoms with van der Waals surface area (Å²) in [7, 11) is 0. The Hall–Kier alpha value is -2.35. The molecule has 7 nitrogen and oxygen atoms in total. The zero-order chi connectivity index (χ0) is 18.4. The average molecular weight is 370 g/mol. The summed E-state index contributed by atoms with van der Waals surface area (Å²) in [4.78, 5) is 17.7. The molecule has 3 heterocycles. The number of hydrogen-bond acceptors (Lipinski definition) is 6. The summed E-state index contributed by atoms with van der Waals surface area (Å²) < 4.78 is 1.86. The summed E-state index contributed by atoms with van der Waals surface area (Å²) in [6.45, 7) is 8.24. The number of nitrogens with one attached hydrogen (secondary N) is 1. The van der Waals surface area contributed by atoms with Crippen molar-refractivity contribution < 1.29 is 4.79 Å². The van der Waals surface area contributed by atoms with Crippen molar-refractivity contribution in [1.82, 2.24) is 25.0 Å². The molecule has 0 spiro atoms. The summed E-state index contributed by atoms with van der Waals surface area (Å²) in [5.74, 6) is 0.549. The highest BCUT2D eigenvalue weighted by atomic mass is 32.1. The average Bonchev–Trinajstić information content (AvgIpc) is 3.18. The van der Waals surface area contributed by atoms with Gasteiger partial charge in [0.1, 0.15) is 5.01 Å². The van der Waals surface area contributed by atoms with E-state index >= 15 is 0 Å². The smallest absolute Gasteiger partial charge is 0.258 e. The van der Waals surface area contributed by atoms with Crippen LogP contribution in [-0.4, -0.2) is 30.9 Å². The van der Waals surface area contributed by atoms with Crippen LogP contribution in [0.4, 0.5) is 5.13 Å². The summed E-state index contributed by atoms with van der Waals surface area (Å²) in [5.41, 5.74) is 2.20. The van der Waals surface area contributed by atoms with Crippen LogP contribution in [-0.2, 0) is 0 Å². The van der Waals surface area contributed by atoms with Crippen molar-refractivity contribution in [2.75, 3.05) is 5.32 Å². The lowest BCUT2D eigenvalue weighted by atomic mass is 10.0. The Morgan fingerprint density at radius 2 is 2.04 bits per heavy atom. The maximum Gasteiger partial charge on any atom is 0.258 e. The maximum atomic E-state index is 12.9. The molecule has 1 fully saturated rings. The lowest BCUT2D eigenvalue weighted by Crippen LogP contribution is -2.14. The monoisotopic (exact) mass is 370 g/mol. The number of aromatic nitrogens is 5. The first-order valence-corrected chi connectivity index (χ1v) is 9.78. The second kappa shape index (κ2) is 6.42. The van der Waals surface area contributed by atoms with Crippen LogP contribution in [0.1, 0.15) is 79.5 Å². The molecule has 0 radical (unpaired) electrons. The number of carbonyl (C=O) groups excluding carboxylic acids is 1. The van der Waals surface area contributed by atoms with E-state index in [0.717, 1.165) is 21.7 Å². The molecule has 0 aromatic carbocycles. The van der Waals surface area contributed by atoms with Crippen LogP contribution >= 0.6 is 11.3 Å². The minimum Gasteiger partial charge on any atom is -0.296 e. The number of pyridine rings is 1. The van der Waals surface area contributed by atoms with E-state index in [1.54, 1.807) is 6.20 Å². The molecule has 26 heavy (non-hydrogen) atoms. The van der Waals surface area contributed by atoms with Crippen molar-refractivity contribution in [3.63, 3.8) is 0 Å². The summed E-state index contributed by atoms with van der Waals surface area (Å²) in [5, 5.41) is 17.9. The zero-order valence-corrected chi connectivity index (χ0v) is 16.2. The van der Waals surface area contributed by atoms with Crippen LogP contribution in [0.15, 0.2) is 12.3 Å². The standard InChI is InChI=1S/C18H22N6OS/c1-9(2)14-7-12(13-8-19-24(10(3)4)15(13)20-14)16(25)21-18-23-22-17(26-18)11-5-6-11/h7-11H,5-6H2,1-4H3,(H,21,23,25). The molecule has 8 heteroatoms. The van der Waals surface area contributed by atoms with E-state index in [9.17, 15) is 4.79 Å². The van der Waals surface area contributed by atoms with Gasteiger partial charge in [-0.15, -0.1) is 10.2 Å². The van der Waals surface area contributed by atoms with Gasteiger partial charge in [0, 0.05) is 17.7 Å². The minimum atomic E-state index is -0.193. The van der Waals surface area contributed by atoms with Gasteiger partial charge in [0.15, 0.2) is 5.65 Å². The van der Waals surface area contributed by atoms with Crippen LogP contribution in [0.25, 0.3) is 11.0 Å². The highest BCUT2D eigenvalue weighted by molar-refractivity contribution is 7.15. The molecule has 0 saturated heterocycles. The number of carbonyl (C=O) groups is 1. The van der Waals surface area contributed by atoms with E-state index in [1.807, 2.05) is 10.7 Å². The number of nitrogens with zero attached hydrogens (tertiary/aromatic N) is 5. The molecule has 1 saturated carbocycles. The van der Waals surface area contributed by atoms with Crippen molar-refractivity contribution in [3.8, 4) is 0 Å². The van der Waals surface area contributed by atoms with Crippen LogP contribution in [0.2, 0.25) is 0 Å². The Morgan fingerprint density at radius 1 is 1.27 bits per heavy atom. The summed E-state index contributed by atoms with van der Waals surface area (Å²) >= 11 is 1.46. The van der Waals surface area contributed by atoms with Crippen molar-refractivity contribution >= 4 is 33.4 Å². The highest BCUT2D eigenvalue weighted by Crippen LogP contribution is 2.42. The first-order valence-electron chi connectivity index (χ1n) is 8.97. The molecule has 0 unspecified atom stereocenters. The Kier molecular flexibility index (Phi) is 4.22. The highest BCUT2D eigenvalue weighted by Gasteiger charge is 2.28. The summed E-state index contributed by atoms with van der Waals surface area (Å²) in [6.07, 6.45) is 4.05.